The molecule has 0 spiro atoms. The van der Waals surface area contributed by atoms with Crippen LogP contribution in [0, 0.1) is 24.1 Å². The van der Waals surface area contributed by atoms with Crippen molar-refractivity contribution in [1.29, 1.82) is 5.26 Å². The van der Waals surface area contributed by atoms with Crippen molar-refractivity contribution in [1.82, 2.24) is 20.2 Å². The monoisotopic (exact) mass is 657 g/mol. The minimum atomic E-state index is -3.99. The van der Waals surface area contributed by atoms with Gasteiger partial charge in [-0.15, -0.1) is 0 Å². The summed E-state index contributed by atoms with van der Waals surface area (Å²) in [5.41, 5.74) is 0.579. The topological polar surface area (TPSA) is 125 Å². The Morgan fingerprint density at radius 3 is 2.61 bits per heavy atom. The van der Waals surface area contributed by atoms with Crippen LogP contribution in [0.25, 0.3) is 11.1 Å². The number of carbonyl (C=O) groups is 1. The number of hydrogen-bond acceptors (Lipinski definition) is 8. The lowest BCUT2D eigenvalue weighted by molar-refractivity contribution is -0.136. The van der Waals surface area contributed by atoms with Crippen LogP contribution in [0.3, 0.4) is 0 Å². The number of nitrogens with zero attached hydrogens (tertiary/aromatic N) is 4. The van der Waals surface area contributed by atoms with Gasteiger partial charge in [0.05, 0.1) is 56.7 Å². The Morgan fingerprint density at radius 1 is 1.20 bits per heavy atom. The number of likely N-dealkylation sites (tertiary alicyclic amines) is 1. The number of rotatable bonds is 10. The summed E-state index contributed by atoms with van der Waals surface area (Å²) < 4.78 is 48.8. The molecule has 0 bridgehead atoms. The van der Waals surface area contributed by atoms with Crippen LogP contribution in [0.1, 0.15) is 43.5 Å². The number of aromatic nitrogens is 2. The van der Waals surface area contributed by atoms with Crippen molar-refractivity contribution in [3.05, 3.63) is 76.0 Å². The van der Waals surface area contributed by atoms with Crippen molar-refractivity contribution < 1.29 is 22.3 Å². The van der Waals surface area contributed by atoms with Gasteiger partial charge in [0, 0.05) is 30.2 Å². The van der Waals surface area contributed by atoms with Crippen LogP contribution in [0.2, 0.25) is 10.0 Å². The van der Waals surface area contributed by atoms with Crippen molar-refractivity contribution in [2.45, 2.75) is 66.2 Å². The van der Waals surface area contributed by atoms with E-state index in [4.69, 9.17) is 27.9 Å². The molecule has 13 heteroatoms. The van der Waals surface area contributed by atoms with Crippen molar-refractivity contribution in [3.8, 4) is 17.2 Å². The van der Waals surface area contributed by atoms with Crippen molar-refractivity contribution in [2.24, 2.45) is 0 Å². The van der Waals surface area contributed by atoms with E-state index in [1.165, 1.54) is 17.2 Å². The first-order valence-corrected chi connectivity index (χ1v) is 16.6. The predicted molar refractivity (Wildman–Crippen MR) is 162 cm³/mol. The average molecular weight is 659 g/mol. The molecule has 9 nitrogen and oxygen atoms in total. The molecule has 2 saturated carbocycles. The molecule has 1 saturated heterocycles. The van der Waals surface area contributed by atoms with Gasteiger partial charge in [0.15, 0.2) is 9.84 Å². The van der Waals surface area contributed by atoms with Gasteiger partial charge >= 0.3 is 0 Å². The molecule has 1 amide bonds. The first kappa shape index (κ1) is 30.9. The van der Waals surface area contributed by atoms with E-state index in [2.05, 4.69) is 21.4 Å². The van der Waals surface area contributed by atoms with Gasteiger partial charge in [-0.05, 0) is 68.9 Å². The van der Waals surface area contributed by atoms with Crippen molar-refractivity contribution in [3.63, 3.8) is 0 Å². The van der Waals surface area contributed by atoms with Crippen LogP contribution in [-0.2, 0) is 24.8 Å². The first-order valence-electron chi connectivity index (χ1n) is 14.3. The quantitative estimate of drug-likeness (QED) is 0.239. The maximum absolute atomic E-state index is 15.0. The van der Waals surface area contributed by atoms with Gasteiger partial charge < -0.3 is 9.64 Å². The zero-order valence-corrected chi connectivity index (χ0v) is 26.2. The van der Waals surface area contributed by atoms with Gasteiger partial charge in [-0.25, -0.2) is 12.8 Å². The largest absolute Gasteiger partial charge is 0.364 e. The predicted octanol–water partition coefficient (Wildman–Crippen LogP) is 4.99. The van der Waals surface area contributed by atoms with Gasteiger partial charge in [-0.2, -0.15) is 5.26 Å². The molecule has 2 atom stereocenters. The number of pyridine rings is 2. The number of amides is 1. The Kier molecular flexibility index (Phi) is 8.18. The second kappa shape index (κ2) is 11.7. The smallest absolute Gasteiger partial charge is 0.235 e. The molecule has 230 valence electrons. The van der Waals surface area contributed by atoms with Crippen molar-refractivity contribution in [2.75, 3.05) is 19.9 Å². The molecule has 2 unspecified atom stereocenters. The van der Waals surface area contributed by atoms with Crippen LogP contribution in [0.15, 0.2) is 53.7 Å². The Morgan fingerprint density at radius 2 is 1.98 bits per heavy atom. The Balaban J connectivity index is 1.26. The maximum atomic E-state index is 15.0. The van der Waals surface area contributed by atoms with Crippen LogP contribution < -0.4 is 5.32 Å². The zero-order chi connectivity index (χ0) is 31.3. The number of halogens is 3. The summed E-state index contributed by atoms with van der Waals surface area (Å²) in [7, 11) is -3.99. The molecule has 1 aromatic carbocycles. The van der Waals surface area contributed by atoms with Gasteiger partial charge in [0.2, 0.25) is 5.91 Å². The summed E-state index contributed by atoms with van der Waals surface area (Å²) >= 11 is 12.5. The molecule has 3 aromatic rings. The highest BCUT2D eigenvalue weighted by Gasteiger charge is 2.58. The molecule has 2 aliphatic carbocycles. The highest BCUT2D eigenvalue weighted by molar-refractivity contribution is 7.92. The lowest BCUT2D eigenvalue weighted by atomic mass is 9.98. The molecule has 2 aromatic heterocycles. The average Bonchev–Trinajstić information content (AvgIpc) is 3.92. The molecule has 1 aliphatic heterocycles. The van der Waals surface area contributed by atoms with Crippen LogP contribution in [0.4, 0.5) is 4.39 Å². The first-order chi connectivity index (χ1) is 21.0. The molecule has 3 fully saturated rings. The number of nitriles is 1. The van der Waals surface area contributed by atoms with E-state index in [0.29, 0.717) is 12.8 Å². The highest BCUT2D eigenvalue weighted by Crippen LogP contribution is 2.51. The minimum Gasteiger partial charge on any atom is -0.364 e. The summed E-state index contributed by atoms with van der Waals surface area (Å²) in [6, 6.07) is 11.2. The number of nitrogens with one attached hydrogen (secondary N) is 1. The molecule has 3 heterocycles. The maximum Gasteiger partial charge on any atom is 0.235 e. The van der Waals surface area contributed by atoms with E-state index < -0.39 is 43.8 Å². The van der Waals surface area contributed by atoms with E-state index in [1.807, 2.05) is 13.0 Å². The summed E-state index contributed by atoms with van der Waals surface area (Å²) in [6.07, 6.45) is 5.30. The standard InChI is InChI=1S/C31H30Cl2FN5O4S/c1-19-24(3-2-10-36-19)20-4-5-27(25(33)11-20)44(41,42)23-13-22(16-43-18-38-30(17-35)6-7-30)39(15-23)29(40)31(8-9-31)28-26(34)12-21(32)14-37-28/h2-5,10-12,14,22-23,38H,6-9,13,15-16,18H2,1H3. The molecular weight excluding hydrogens is 628 g/mol. The Labute approximate surface area is 265 Å². The third kappa shape index (κ3) is 5.70. The van der Waals surface area contributed by atoms with E-state index in [1.54, 1.807) is 24.4 Å². The van der Waals surface area contributed by atoms with Gasteiger partial charge in [-0.1, -0.05) is 35.3 Å². The van der Waals surface area contributed by atoms with E-state index >= 15 is 0 Å². The second-order valence-corrected chi connectivity index (χ2v) is 14.8. The molecule has 44 heavy (non-hydrogen) atoms. The summed E-state index contributed by atoms with van der Waals surface area (Å²) in [5, 5.41) is 11.6. The number of ether oxygens (including phenoxy) is 1. The number of carbonyl (C=O) groups excluding carboxylic acids is 1. The lowest BCUT2D eigenvalue weighted by Gasteiger charge is -2.29. The van der Waals surface area contributed by atoms with Crippen LogP contribution >= 0.6 is 23.2 Å². The normalized spacial score (nSPS) is 21.6. The van der Waals surface area contributed by atoms with Crippen molar-refractivity contribution >= 4 is 38.9 Å². The van der Waals surface area contributed by atoms with Crippen LogP contribution in [-0.4, -0.2) is 65.9 Å². The Hall–Kier alpha value is -3.14. The van der Waals surface area contributed by atoms with Gasteiger partial charge in [0.25, 0.3) is 0 Å². The fraction of sp³-hybridized carbons (Fsp3) is 0.419. The van der Waals surface area contributed by atoms with E-state index in [-0.39, 0.29) is 46.9 Å². The second-order valence-electron chi connectivity index (χ2n) is 11.7. The molecule has 0 radical (unpaired) electrons. The molecule has 6 rings (SSSR count). The fourth-order valence-corrected chi connectivity index (χ4v) is 8.36. The number of benzene rings is 1. The number of hydrogen-bond donors (Lipinski definition) is 1. The van der Waals surface area contributed by atoms with E-state index in [9.17, 15) is 22.9 Å². The van der Waals surface area contributed by atoms with E-state index in [0.717, 1.165) is 35.7 Å². The molecule has 3 aliphatic rings. The van der Waals surface area contributed by atoms with Gasteiger partial charge in [0.1, 0.15) is 11.4 Å². The Bertz CT molecular complexity index is 1770. The summed E-state index contributed by atoms with van der Waals surface area (Å²) in [5.74, 6) is -1.07. The SMILES string of the molecule is Cc1ncccc1-c1ccc(S(=O)(=O)C2CC(COCNC3(C#N)CC3)N(C(=O)C3(c4ncc(Cl)cc4F)CC3)C2)c(Cl)c1. The van der Waals surface area contributed by atoms with Gasteiger partial charge in [-0.3, -0.25) is 20.1 Å². The highest BCUT2D eigenvalue weighted by atomic mass is 35.5. The minimum absolute atomic E-state index is 0.00793. The number of aryl methyl sites for hydroxylation is 1. The number of sulfone groups is 1. The molecule has 1 N–H and O–H groups in total. The summed E-state index contributed by atoms with van der Waals surface area (Å²) in [6.45, 7) is 1.86. The zero-order valence-electron chi connectivity index (χ0n) is 23.9. The van der Waals surface area contributed by atoms with Crippen LogP contribution in [0.5, 0.6) is 0 Å². The summed E-state index contributed by atoms with van der Waals surface area (Å²) in [4.78, 5) is 24.0. The molecular formula is C31H30Cl2FN5O4S. The third-order valence-corrected chi connectivity index (χ3v) is 11.7. The fourth-order valence-electron chi connectivity index (χ4n) is 5.93. The lowest BCUT2D eigenvalue weighted by Crippen LogP contribution is -2.45. The third-order valence-electron chi connectivity index (χ3n) is 8.84.